The van der Waals surface area contributed by atoms with E-state index in [2.05, 4.69) is 15.3 Å². The zero-order valence-corrected chi connectivity index (χ0v) is 6.79. The zero-order valence-electron chi connectivity index (χ0n) is 6.79. The van der Waals surface area contributed by atoms with Crippen LogP contribution in [0.25, 0.3) is 6.08 Å². The molecule has 0 fully saturated rings. The molecule has 0 spiro atoms. The molecule has 0 aliphatic carbocycles. The molecular formula is C8H10FN3. The number of likely N-dealkylation sites (N-methyl/N-ethyl adjacent to an activating group) is 1. The number of nitrogens with zero attached hydrogens (tertiary/aromatic N) is 2. The Labute approximate surface area is 70.4 Å². The van der Waals surface area contributed by atoms with Crippen LogP contribution in [0.3, 0.4) is 0 Å². The third kappa shape index (κ3) is 2.75. The summed E-state index contributed by atoms with van der Waals surface area (Å²) in [4.78, 5) is 6.82. The Morgan fingerprint density at radius 2 is 2.17 bits per heavy atom. The Balaban J connectivity index is 2.58. The first kappa shape index (κ1) is 8.80. The van der Waals surface area contributed by atoms with Crippen molar-refractivity contribution in [3.05, 3.63) is 30.1 Å². The summed E-state index contributed by atoms with van der Waals surface area (Å²) in [6, 6.07) is 0. The summed E-state index contributed by atoms with van der Waals surface area (Å²) >= 11 is 0. The highest BCUT2D eigenvalue weighted by Gasteiger charge is 1.90. The minimum atomic E-state index is -0.694. The molecule has 1 aromatic rings. The van der Waals surface area contributed by atoms with Crippen LogP contribution >= 0.6 is 0 Å². The second-order valence-corrected chi connectivity index (χ2v) is 2.25. The maximum absolute atomic E-state index is 12.2. The zero-order chi connectivity index (χ0) is 8.81. The summed E-state index contributed by atoms with van der Waals surface area (Å²) in [5, 5.41) is 2.95. The highest BCUT2D eigenvalue weighted by atomic mass is 19.1. The van der Waals surface area contributed by atoms with Crippen molar-refractivity contribution in [1.29, 1.82) is 0 Å². The van der Waals surface area contributed by atoms with Crippen LogP contribution in [0.1, 0.15) is 5.56 Å². The summed E-state index contributed by atoms with van der Waals surface area (Å²) in [6.07, 6.45) is 5.93. The highest BCUT2D eigenvalue weighted by molar-refractivity contribution is 5.46. The molecule has 3 nitrogen and oxygen atoms in total. The van der Waals surface area contributed by atoms with Crippen molar-refractivity contribution in [2.45, 2.75) is 0 Å². The van der Waals surface area contributed by atoms with Gasteiger partial charge in [0.1, 0.15) is 0 Å². The maximum Gasteiger partial charge on any atom is 0.308 e. The molecule has 12 heavy (non-hydrogen) atoms. The SMILES string of the molecule is CNCC=Cc1cnc(F)nc1. The van der Waals surface area contributed by atoms with E-state index in [9.17, 15) is 4.39 Å². The van der Waals surface area contributed by atoms with Crippen LogP contribution in [0.4, 0.5) is 4.39 Å². The van der Waals surface area contributed by atoms with Crippen LogP contribution in [-0.4, -0.2) is 23.6 Å². The number of halogens is 1. The normalized spacial score (nSPS) is 10.8. The fourth-order valence-corrected chi connectivity index (χ4v) is 0.721. The first-order chi connectivity index (χ1) is 5.83. The van der Waals surface area contributed by atoms with E-state index in [1.165, 1.54) is 12.4 Å². The molecule has 0 aliphatic rings. The molecule has 0 aromatic carbocycles. The van der Waals surface area contributed by atoms with Crippen molar-refractivity contribution >= 4 is 6.08 Å². The van der Waals surface area contributed by atoms with Gasteiger partial charge in [0.25, 0.3) is 0 Å². The Morgan fingerprint density at radius 1 is 1.50 bits per heavy atom. The topological polar surface area (TPSA) is 37.8 Å². The Bertz CT molecular complexity index is 256. The van der Waals surface area contributed by atoms with Crippen molar-refractivity contribution in [3.63, 3.8) is 0 Å². The van der Waals surface area contributed by atoms with Gasteiger partial charge in [-0.3, -0.25) is 0 Å². The first-order valence-electron chi connectivity index (χ1n) is 3.61. The number of rotatable bonds is 3. The fourth-order valence-electron chi connectivity index (χ4n) is 0.721. The largest absolute Gasteiger partial charge is 0.316 e. The monoisotopic (exact) mass is 167 g/mol. The summed E-state index contributed by atoms with van der Waals surface area (Å²) in [5.74, 6) is 0. The van der Waals surface area contributed by atoms with E-state index in [-0.39, 0.29) is 0 Å². The fraction of sp³-hybridized carbons (Fsp3) is 0.250. The van der Waals surface area contributed by atoms with E-state index in [1.807, 2.05) is 19.2 Å². The van der Waals surface area contributed by atoms with Crippen LogP contribution in [0.2, 0.25) is 0 Å². The summed E-state index contributed by atoms with van der Waals surface area (Å²) in [5.41, 5.74) is 0.798. The predicted octanol–water partition coefficient (Wildman–Crippen LogP) is 0.848. The molecule has 1 N–H and O–H groups in total. The lowest BCUT2D eigenvalue weighted by Gasteiger charge is -1.91. The molecule has 0 amide bonds. The number of hydrogen-bond acceptors (Lipinski definition) is 3. The second-order valence-electron chi connectivity index (χ2n) is 2.25. The van der Waals surface area contributed by atoms with Gasteiger partial charge < -0.3 is 5.32 Å². The average Bonchev–Trinajstić information content (AvgIpc) is 2.09. The molecule has 1 rings (SSSR count). The van der Waals surface area contributed by atoms with Gasteiger partial charge in [0.2, 0.25) is 0 Å². The van der Waals surface area contributed by atoms with Crippen molar-refractivity contribution in [2.75, 3.05) is 13.6 Å². The molecule has 0 saturated heterocycles. The molecule has 0 aliphatic heterocycles. The minimum Gasteiger partial charge on any atom is -0.316 e. The van der Waals surface area contributed by atoms with Gasteiger partial charge in [0.15, 0.2) is 0 Å². The Morgan fingerprint density at radius 3 is 2.75 bits per heavy atom. The maximum atomic E-state index is 12.2. The Kier molecular flexibility index (Phi) is 3.35. The lowest BCUT2D eigenvalue weighted by molar-refractivity contribution is 0.538. The molecule has 0 saturated carbocycles. The van der Waals surface area contributed by atoms with Crippen molar-refractivity contribution in [3.8, 4) is 0 Å². The van der Waals surface area contributed by atoms with E-state index in [0.717, 1.165) is 12.1 Å². The molecule has 1 heterocycles. The minimum absolute atomic E-state index is 0.694. The average molecular weight is 167 g/mol. The lowest BCUT2D eigenvalue weighted by atomic mass is 10.3. The van der Waals surface area contributed by atoms with Gasteiger partial charge in [-0.2, -0.15) is 4.39 Å². The molecule has 0 radical (unpaired) electrons. The van der Waals surface area contributed by atoms with Gasteiger partial charge in [0.05, 0.1) is 0 Å². The smallest absolute Gasteiger partial charge is 0.308 e. The molecule has 0 unspecified atom stereocenters. The van der Waals surface area contributed by atoms with E-state index < -0.39 is 6.08 Å². The second kappa shape index (κ2) is 4.56. The summed E-state index contributed by atoms with van der Waals surface area (Å²) < 4.78 is 12.2. The molecule has 0 bridgehead atoms. The standard InChI is InChI=1S/C8H10FN3/c1-10-4-2-3-7-5-11-8(9)12-6-7/h2-3,5-6,10H,4H2,1H3. The van der Waals surface area contributed by atoms with E-state index in [0.29, 0.717) is 0 Å². The van der Waals surface area contributed by atoms with E-state index in [1.54, 1.807) is 0 Å². The van der Waals surface area contributed by atoms with Crippen molar-refractivity contribution < 1.29 is 4.39 Å². The molecule has 64 valence electrons. The summed E-state index contributed by atoms with van der Waals surface area (Å²) in [7, 11) is 1.85. The van der Waals surface area contributed by atoms with Crippen LogP contribution in [-0.2, 0) is 0 Å². The van der Waals surface area contributed by atoms with Crippen LogP contribution < -0.4 is 5.32 Å². The number of nitrogens with one attached hydrogen (secondary N) is 1. The van der Waals surface area contributed by atoms with Gasteiger partial charge in [-0.05, 0) is 7.05 Å². The number of hydrogen-bond donors (Lipinski definition) is 1. The van der Waals surface area contributed by atoms with Crippen LogP contribution in [0.15, 0.2) is 18.5 Å². The van der Waals surface area contributed by atoms with Gasteiger partial charge in [-0.25, -0.2) is 9.97 Å². The number of aromatic nitrogens is 2. The molecule has 1 aromatic heterocycles. The van der Waals surface area contributed by atoms with Crippen LogP contribution in [0.5, 0.6) is 0 Å². The molecule has 4 heteroatoms. The quantitative estimate of drug-likeness (QED) is 0.678. The molecular weight excluding hydrogens is 157 g/mol. The van der Waals surface area contributed by atoms with E-state index in [4.69, 9.17) is 0 Å². The first-order valence-corrected chi connectivity index (χ1v) is 3.61. The van der Waals surface area contributed by atoms with Gasteiger partial charge in [0, 0.05) is 24.5 Å². The summed E-state index contributed by atoms with van der Waals surface area (Å²) in [6.45, 7) is 0.775. The van der Waals surface area contributed by atoms with Crippen molar-refractivity contribution in [1.82, 2.24) is 15.3 Å². The van der Waals surface area contributed by atoms with Crippen molar-refractivity contribution in [2.24, 2.45) is 0 Å². The lowest BCUT2D eigenvalue weighted by Crippen LogP contribution is -2.03. The van der Waals surface area contributed by atoms with E-state index >= 15 is 0 Å². The van der Waals surface area contributed by atoms with Gasteiger partial charge in [-0.1, -0.05) is 12.2 Å². The predicted molar refractivity (Wildman–Crippen MR) is 45.0 cm³/mol. The van der Waals surface area contributed by atoms with Gasteiger partial charge in [-0.15, -0.1) is 0 Å². The Hall–Kier alpha value is -1.29. The third-order valence-electron chi connectivity index (χ3n) is 1.27. The molecule has 0 atom stereocenters. The van der Waals surface area contributed by atoms with Gasteiger partial charge >= 0.3 is 6.08 Å². The third-order valence-corrected chi connectivity index (χ3v) is 1.27. The van der Waals surface area contributed by atoms with Crippen LogP contribution in [0, 0.1) is 6.08 Å². The highest BCUT2D eigenvalue weighted by Crippen LogP contribution is 1.97.